The Morgan fingerprint density at radius 2 is 1.60 bits per heavy atom. The molecule has 57 heavy (non-hydrogen) atoms. The molecule has 0 amide bonds. The smallest absolute Gasteiger partial charge is 0 e. The number of aromatic nitrogens is 4. The second-order valence-electron chi connectivity index (χ2n) is 16.2. The van der Waals surface area contributed by atoms with Crippen LogP contribution in [0.3, 0.4) is 0 Å². The van der Waals surface area contributed by atoms with Gasteiger partial charge in [0.2, 0.25) is 5.71 Å². The van der Waals surface area contributed by atoms with Crippen LogP contribution in [0.4, 0.5) is 0 Å². The Bertz CT molecular complexity index is 3120. The summed E-state index contributed by atoms with van der Waals surface area (Å²) in [5, 5.41) is 4.59. The number of nitrogens with zero attached hydrogens (tertiary/aromatic N) is 4. The Labute approximate surface area is 357 Å². The van der Waals surface area contributed by atoms with E-state index in [9.17, 15) is 0 Å². The van der Waals surface area contributed by atoms with Gasteiger partial charge in [0, 0.05) is 57.5 Å². The van der Waals surface area contributed by atoms with Gasteiger partial charge in [-0.2, -0.15) is 0 Å². The molecule has 0 atom stereocenters. The summed E-state index contributed by atoms with van der Waals surface area (Å²) in [5.41, 5.74) is 8.67. The fraction of sp³-hybridized carbons (Fsp3) is 0.163. The molecule has 5 aromatic carbocycles. The third kappa shape index (κ3) is 7.39. The van der Waals surface area contributed by atoms with Crippen molar-refractivity contribution in [3.63, 3.8) is 0 Å². The molecule has 0 N–H and O–H groups in total. The first-order chi connectivity index (χ1) is 28.1. The molecule has 0 aliphatic heterocycles. The van der Waals surface area contributed by atoms with E-state index in [0.29, 0.717) is 11.3 Å². The molecule has 0 fully saturated rings. The molecule has 0 saturated heterocycles. The molecule has 5 nitrogen and oxygen atoms in total. The first-order valence-electron chi connectivity index (χ1n) is 20.3. The number of imidazole rings is 1. The second-order valence-corrected chi connectivity index (χ2v) is 28.0. The predicted molar refractivity (Wildman–Crippen MR) is 238 cm³/mol. The Balaban J connectivity index is 0.000000202. The predicted octanol–water partition coefficient (Wildman–Crippen LogP) is 12.9. The van der Waals surface area contributed by atoms with E-state index in [0.717, 1.165) is 55.7 Å². The summed E-state index contributed by atoms with van der Waals surface area (Å²) >= 11 is 0.0168. The zero-order chi connectivity index (χ0) is 41.3. The van der Waals surface area contributed by atoms with Gasteiger partial charge in [0.05, 0.1) is 22.4 Å². The summed E-state index contributed by atoms with van der Waals surface area (Å²) in [5.74, 6) is 7.78. The number of aryl methyl sites for hydroxylation is 1. The van der Waals surface area contributed by atoms with Crippen molar-refractivity contribution in [3.05, 3.63) is 151 Å². The van der Waals surface area contributed by atoms with Crippen molar-refractivity contribution in [1.82, 2.24) is 19.5 Å². The van der Waals surface area contributed by atoms with Gasteiger partial charge in [-0.1, -0.05) is 62.1 Å². The van der Waals surface area contributed by atoms with E-state index < -0.39 is 20.1 Å². The number of thiophene rings is 1. The van der Waals surface area contributed by atoms with Gasteiger partial charge in [0.15, 0.2) is 0 Å². The van der Waals surface area contributed by atoms with Crippen molar-refractivity contribution in [2.24, 2.45) is 0 Å². The minimum Gasteiger partial charge on any atom is 0 e. The standard InChI is InChI=1S/C34H24N3OS.C15H18GeN.Ir/c1-34(2,3)20-13-15-22-23-16-14-21(19-30(23)39-29(22)18-20)37-28-12-5-4-11-27(28)36-32(37)26-9-6-8-24-25-10-7-17-35-33(25)38-31(24)26;1-12-5-7-13(8-6-12)15-10-9-14(11-17-15)16(2,3)4;/h4-8,10-19H,1-3H3;5-7,9-11H,1-4H3;/q2*-1;/i;1D3;. The number of rotatable bonds is 4. The third-order valence-corrected chi connectivity index (χ3v) is 15.7. The number of fused-ring (bicyclic) bond motifs is 7. The normalized spacial score (nSPS) is 13.0. The maximum absolute atomic E-state index is 7.35. The molecule has 0 aliphatic rings. The van der Waals surface area contributed by atoms with Crippen LogP contribution in [0.15, 0.2) is 132 Å². The SMILES string of the molecule is CC(C)(C)c1ccc2c(c1)sc1cc(-n3c(-c4[c-]ccc5c4oc4ncccc45)nc4ccccc43)ccc12.[2H]C([2H])([2H])c1c[c-]c(-c2cc[c]([Ge]([CH3])([CH3])[CH3])cn2)cc1.[Ir]. The topological polar surface area (TPSA) is 56.7 Å². The Kier molecular flexibility index (Phi) is 9.35. The number of benzene rings is 5. The number of para-hydroxylation sites is 2. The zero-order valence-corrected chi connectivity index (χ0v) is 37.9. The minimum atomic E-state index is -2.08. The molecule has 10 rings (SSSR count). The number of hydrogen-bond donors (Lipinski definition) is 0. The van der Waals surface area contributed by atoms with Crippen molar-refractivity contribution < 1.29 is 28.6 Å². The van der Waals surface area contributed by atoms with E-state index in [1.807, 2.05) is 53.9 Å². The van der Waals surface area contributed by atoms with Crippen LogP contribution in [0.2, 0.25) is 17.3 Å². The molecular weight excluding hydrogens is 957 g/mol. The summed E-state index contributed by atoms with van der Waals surface area (Å²) in [6, 6.07) is 45.3. The molecule has 285 valence electrons. The molecule has 0 aliphatic carbocycles. The molecule has 1 radical (unpaired) electrons. The summed E-state index contributed by atoms with van der Waals surface area (Å²) in [6.07, 6.45) is 3.70. The Hall–Kier alpha value is -4.92. The van der Waals surface area contributed by atoms with Crippen LogP contribution < -0.4 is 4.40 Å². The van der Waals surface area contributed by atoms with Crippen LogP contribution in [0, 0.1) is 19.0 Å². The third-order valence-electron chi connectivity index (χ3n) is 10.3. The van der Waals surface area contributed by atoms with E-state index in [-0.39, 0.29) is 25.5 Å². The van der Waals surface area contributed by atoms with Gasteiger partial charge < -0.3 is 8.98 Å². The molecular formula is C49H42GeIrN4OS-2. The summed E-state index contributed by atoms with van der Waals surface area (Å²) in [6.45, 7) is 4.72. The van der Waals surface area contributed by atoms with E-state index in [2.05, 4.69) is 125 Å². The first-order valence-corrected chi connectivity index (χ1v) is 26.9. The monoisotopic (exact) mass is 1000 g/mol. The van der Waals surface area contributed by atoms with Gasteiger partial charge in [-0.05, 0) is 53.4 Å². The molecule has 8 heteroatoms. The Morgan fingerprint density at radius 3 is 2.33 bits per heavy atom. The van der Waals surface area contributed by atoms with Gasteiger partial charge >= 0.3 is 110 Å². The van der Waals surface area contributed by atoms with Gasteiger partial charge in [-0.15, -0.1) is 29.5 Å². The average molecular weight is 1000 g/mol. The fourth-order valence-electron chi connectivity index (χ4n) is 7.15. The average Bonchev–Trinajstić information content (AvgIpc) is 3.91. The summed E-state index contributed by atoms with van der Waals surface area (Å²) in [4.78, 5) is 14.0. The number of pyridine rings is 2. The quantitative estimate of drug-likeness (QED) is 0.130. The van der Waals surface area contributed by atoms with E-state index in [1.165, 1.54) is 36.2 Å². The van der Waals surface area contributed by atoms with Crippen molar-refractivity contribution in [2.75, 3.05) is 0 Å². The van der Waals surface area contributed by atoms with E-state index in [4.69, 9.17) is 13.5 Å². The first kappa shape index (κ1) is 35.3. The van der Waals surface area contributed by atoms with Crippen LogP contribution in [0.1, 0.15) is 36.0 Å². The molecule has 0 bridgehead atoms. The summed E-state index contributed by atoms with van der Waals surface area (Å²) in [7, 11) is 0. The fourth-order valence-corrected chi connectivity index (χ4v) is 10.5. The van der Waals surface area contributed by atoms with Crippen molar-refractivity contribution in [1.29, 1.82) is 0 Å². The van der Waals surface area contributed by atoms with Crippen LogP contribution in [0.25, 0.3) is 81.6 Å². The van der Waals surface area contributed by atoms with E-state index in [1.54, 1.807) is 18.3 Å². The van der Waals surface area contributed by atoms with Gasteiger partial charge in [0.1, 0.15) is 0 Å². The Morgan fingerprint density at radius 1 is 0.789 bits per heavy atom. The second kappa shape index (κ2) is 15.1. The van der Waals surface area contributed by atoms with Crippen LogP contribution in [-0.4, -0.2) is 32.8 Å². The molecule has 0 spiro atoms. The number of furan rings is 1. The summed E-state index contributed by atoms with van der Waals surface area (Å²) < 4.78 is 34.5. The van der Waals surface area contributed by atoms with Gasteiger partial charge in [0.25, 0.3) is 0 Å². The molecule has 0 saturated carbocycles. The van der Waals surface area contributed by atoms with Crippen LogP contribution in [-0.2, 0) is 25.5 Å². The molecule has 5 heterocycles. The maximum atomic E-state index is 7.35. The van der Waals surface area contributed by atoms with Gasteiger partial charge in [-0.25, -0.2) is 4.98 Å². The van der Waals surface area contributed by atoms with Crippen molar-refractivity contribution in [3.8, 4) is 28.3 Å². The van der Waals surface area contributed by atoms with Crippen LogP contribution in [0.5, 0.6) is 0 Å². The molecule has 5 aromatic heterocycles. The zero-order valence-electron chi connectivity index (χ0n) is 35.6. The number of hydrogen-bond acceptors (Lipinski definition) is 5. The molecule has 10 aromatic rings. The van der Waals surface area contributed by atoms with Crippen molar-refractivity contribution in [2.45, 2.75) is 50.3 Å². The van der Waals surface area contributed by atoms with Gasteiger partial charge in [-0.3, -0.25) is 4.98 Å². The molecule has 0 unspecified atom stereocenters. The maximum Gasteiger partial charge on any atom is 0 e. The minimum absolute atomic E-state index is 0. The largest absolute Gasteiger partial charge is 0 e. The van der Waals surface area contributed by atoms with E-state index >= 15 is 0 Å². The van der Waals surface area contributed by atoms with Crippen molar-refractivity contribution >= 4 is 82.3 Å². The van der Waals surface area contributed by atoms with Crippen LogP contribution >= 0.6 is 11.3 Å².